The fraction of sp³-hybridized carbons (Fsp3) is 0. The largest absolute Gasteiger partial charge is 0.636 e. The molecule has 5 rings (SSSR count). The van der Waals surface area contributed by atoms with Crippen molar-refractivity contribution in [1.82, 2.24) is 0 Å². The van der Waals surface area contributed by atoms with E-state index in [1.165, 1.54) is 0 Å². The smallest absolute Gasteiger partial charge is 0.519 e. The zero-order chi connectivity index (χ0) is 20.4. The molecule has 0 radical (unpaired) electrons. The number of hydrogen-bond acceptors (Lipinski definition) is 3. The van der Waals surface area contributed by atoms with Crippen molar-refractivity contribution < 1.29 is 14.1 Å². The highest BCUT2D eigenvalue weighted by Crippen LogP contribution is 2.52. The van der Waals surface area contributed by atoms with E-state index in [9.17, 15) is 4.79 Å². The molecule has 0 fully saturated rings. The second-order valence-electron chi connectivity index (χ2n) is 7.07. The van der Waals surface area contributed by atoms with Crippen molar-refractivity contribution in [3.63, 3.8) is 0 Å². The van der Waals surface area contributed by atoms with Crippen molar-refractivity contribution >= 4 is 41.8 Å². The number of benzene rings is 4. The van der Waals surface area contributed by atoms with Crippen molar-refractivity contribution in [3.8, 4) is 11.5 Å². The van der Waals surface area contributed by atoms with Gasteiger partial charge >= 0.3 is 7.12 Å². The van der Waals surface area contributed by atoms with Crippen LogP contribution in [0.15, 0.2) is 109 Å². The summed E-state index contributed by atoms with van der Waals surface area (Å²) in [6.45, 7) is 0. The fourth-order valence-corrected chi connectivity index (χ4v) is 7.37. The topological polar surface area (TPSA) is 35.5 Å². The lowest BCUT2D eigenvalue weighted by Crippen LogP contribution is -2.50. The summed E-state index contributed by atoms with van der Waals surface area (Å²) in [6.07, 6.45) is 0. The highest BCUT2D eigenvalue weighted by atomic mass is 31.2. The summed E-state index contributed by atoms with van der Waals surface area (Å²) < 4.78 is 12.2. The molecule has 0 saturated carbocycles. The van der Waals surface area contributed by atoms with E-state index in [4.69, 9.17) is 9.31 Å². The van der Waals surface area contributed by atoms with Crippen LogP contribution in [0.5, 0.6) is 11.5 Å². The molecule has 30 heavy (non-hydrogen) atoms. The third-order valence-corrected chi connectivity index (χ3v) is 9.08. The Hall–Kier alpha value is -3.36. The van der Waals surface area contributed by atoms with Crippen LogP contribution in [0.4, 0.5) is 0 Å². The molecule has 4 aromatic carbocycles. The van der Waals surface area contributed by atoms with Gasteiger partial charge in [-0.2, -0.15) is 0 Å². The molecule has 0 N–H and O–H groups in total. The van der Waals surface area contributed by atoms with Gasteiger partial charge in [-0.1, -0.05) is 66.7 Å². The molecule has 0 unspecified atom stereocenters. The molecular formula is C25H19BO3P+. The zero-order valence-corrected chi connectivity index (χ0v) is 17.1. The molecule has 1 aliphatic heterocycles. The Kier molecular flexibility index (Phi) is 4.86. The van der Waals surface area contributed by atoms with Crippen LogP contribution in [0.1, 0.15) is 0 Å². The molecule has 0 spiro atoms. The van der Waals surface area contributed by atoms with E-state index in [1.807, 2.05) is 109 Å². The normalized spacial score (nSPS) is 12.6. The van der Waals surface area contributed by atoms with E-state index in [0.717, 1.165) is 27.4 Å². The van der Waals surface area contributed by atoms with Gasteiger partial charge in [-0.25, -0.2) is 0 Å². The minimum absolute atomic E-state index is 0.592. The van der Waals surface area contributed by atoms with Gasteiger partial charge in [0.2, 0.25) is 0 Å². The highest BCUT2D eigenvalue weighted by molar-refractivity contribution is 8.07. The summed E-state index contributed by atoms with van der Waals surface area (Å²) in [5.74, 6) is 1.43. The van der Waals surface area contributed by atoms with Crippen LogP contribution < -0.4 is 30.7 Å². The quantitative estimate of drug-likeness (QED) is 0.288. The Morgan fingerprint density at radius 1 is 0.600 bits per heavy atom. The number of para-hydroxylation sites is 2. The van der Waals surface area contributed by atoms with Gasteiger partial charge in [-0.15, -0.1) is 0 Å². The first-order valence-electron chi connectivity index (χ1n) is 9.81. The van der Waals surface area contributed by atoms with Gasteiger partial charge in [0.1, 0.15) is 27.4 Å². The predicted molar refractivity (Wildman–Crippen MR) is 125 cm³/mol. The Morgan fingerprint density at radius 2 is 1.07 bits per heavy atom. The van der Waals surface area contributed by atoms with Crippen molar-refractivity contribution in [2.24, 2.45) is 0 Å². The summed E-state index contributed by atoms with van der Waals surface area (Å²) >= 11 is 0. The highest BCUT2D eigenvalue weighted by Gasteiger charge is 2.51. The molecule has 0 aromatic heterocycles. The van der Waals surface area contributed by atoms with Crippen molar-refractivity contribution in [3.05, 3.63) is 109 Å². The van der Waals surface area contributed by atoms with Crippen LogP contribution >= 0.6 is 7.26 Å². The standard InChI is InChI=1S/C25H19BO3P/c27-19-30(20-11-3-1-4-12-20,21-13-5-2-6-14-21)25-18-10-7-15-22(25)26-28-23-16-8-9-17-24(23)29-26/h1-19H/q+1. The summed E-state index contributed by atoms with van der Waals surface area (Å²) in [5, 5.41) is 2.97. The van der Waals surface area contributed by atoms with Gasteiger partial charge in [0.25, 0.3) is 6.03 Å². The van der Waals surface area contributed by atoms with E-state index in [-0.39, 0.29) is 0 Å². The molecule has 0 saturated heterocycles. The van der Waals surface area contributed by atoms with E-state index < -0.39 is 14.4 Å². The molecule has 0 amide bonds. The third kappa shape index (κ3) is 3.01. The maximum atomic E-state index is 13.0. The van der Waals surface area contributed by atoms with Crippen molar-refractivity contribution in [2.45, 2.75) is 0 Å². The average Bonchev–Trinajstić information content (AvgIpc) is 3.26. The molecule has 0 atom stereocenters. The number of hydrogen-bond donors (Lipinski definition) is 0. The number of carbonyl (C=O) groups is 1. The Labute approximate surface area is 176 Å². The van der Waals surface area contributed by atoms with Gasteiger partial charge in [0.05, 0.1) is 5.46 Å². The van der Waals surface area contributed by atoms with E-state index in [1.54, 1.807) is 0 Å². The minimum atomic E-state index is -2.56. The number of carbonyl (C=O) groups excluding carboxylic acids is 1. The number of rotatable bonds is 5. The molecule has 4 aromatic rings. The first kappa shape index (κ1) is 18.7. The molecule has 1 heterocycles. The first-order valence-corrected chi connectivity index (χ1v) is 11.7. The zero-order valence-electron chi connectivity index (χ0n) is 16.2. The van der Waals surface area contributed by atoms with Crippen LogP contribution in [0, 0.1) is 0 Å². The second kappa shape index (κ2) is 7.81. The fourth-order valence-electron chi connectivity index (χ4n) is 3.97. The summed E-state index contributed by atoms with van der Waals surface area (Å²) in [7, 11) is -3.15. The first-order chi connectivity index (χ1) is 14.8. The SMILES string of the molecule is O=C[P+](c1ccccc1)(c1ccccc1)c1ccccc1B1Oc2ccccc2O1. The van der Waals surface area contributed by atoms with Gasteiger partial charge in [0, 0.05) is 0 Å². The minimum Gasteiger partial charge on any atom is -0.519 e. The van der Waals surface area contributed by atoms with Crippen molar-refractivity contribution in [2.75, 3.05) is 0 Å². The summed E-state index contributed by atoms with van der Waals surface area (Å²) in [5.41, 5.74) is 0.877. The molecule has 3 nitrogen and oxygen atoms in total. The van der Waals surface area contributed by atoms with Crippen molar-refractivity contribution in [1.29, 1.82) is 0 Å². The van der Waals surface area contributed by atoms with E-state index in [0.29, 0.717) is 11.5 Å². The van der Waals surface area contributed by atoms with Crippen LogP contribution in [0.3, 0.4) is 0 Å². The Morgan fingerprint density at radius 3 is 1.60 bits per heavy atom. The van der Waals surface area contributed by atoms with Crippen LogP contribution in [-0.2, 0) is 4.79 Å². The predicted octanol–water partition coefficient (Wildman–Crippen LogP) is 3.34. The van der Waals surface area contributed by atoms with Crippen LogP contribution in [-0.4, -0.2) is 13.1 Å². The van der Waals surface area contributed by atoms with Gasteiger partial charge in [-0.05, 0) is 42.5 Å². The molecule has 0 aliphatic carbocycles. The average molecular weight is 409 g/mol. The summed E-state index contributed by atoms with van der Waals surface area (Å²) in [6, 6.07) is 36.8. The van der Waals surface area contributed by atoms with Gasteiger partial charge in [-0.3, -0.25) is 4.79 Å². The summed E-state index contributed by atoms with van der Waals surface area (Å²) in [4.78, 5) is 13.0. The molecule has 1 aliphatic rings. The van der Waals surface area contributed by atoms with Gasteiger partial charge in [0.15, 0.2) is 7.26 Å². The van der Waals surface area contributed by atoms with Crippen LogP contribution in [0.25, 0.3) is 0 Å². The maximum Gasteiger partial charge on any atom is 0.636 e. The van der Waals surface area contributed by atoms with Gasteiger partial charge < -0.3 is 9.31 Å². The molecule has 5 heteroatoms. The third-order valence-electron chi connectivity index (χ3n) is 5.37. The Bertz CT molecular complexity index is 1120. The molecular weight excluding hydrogens is 390 g/mol. The Balaban J connectivity index is 1.72. The lowest BCUT2D eigenvalue weighted by molar-refractivity contribution is 0.519. The maximum absolute atomic E-state index is 13.0. The van der Waals surface area contributed by atoms with E-state index in [2.05, 4.69) is 0 Å². The monoisotopic (exact) mass is 409 g/mol. The lowest BCUT2D eigenvalue weighted by atomic mass is 9.79. The molecule has 144 valence electrons. The van der Waals surface area contributed by atoms with E-state index >= 15 is 0 Å². The second-order valence-corrected chi connectivity index (χ2v) is 10.2. The van der Waals surface area contributed by atoms with Crippen LogP contribution in [0.2, 0.25) is 0 Å². The lowest BCUT2D eigenvalue weighted by Gasteiger charge is -2.23. The number of fused-ring (bicyclic) bond motifs is 1. The molecule has 0 bridgehead atoms.